The largest absolute Gasteiger partial charge is 0.308 e. The topological polar surface area (TPSA) is 101 Å². The van der Waals surface area contributed by atoms with Crippen LogP contribution in [0.2, 0.25) is 0 Å². The van der Waals surface area contributed by atoms with Gasteiger partial charge in [-0.1, -0.05) is 24.5 Å². The van der Waals surface area contributed by atoms with E-state index in [9.17, 15) is 13.7 Å². The molecule has 1 N–H and O–H groups in total. The Morgan fingerprint density at radius 2 is 1.93 bits per heavy atom. The van der Waals surface area contributed by atoms with Gasteiger partial charge in [0.1, 0.15) is 9.84 Å². The maximum absolute atomic E-state index is 11.7. The highest BCUT2D eigenvalue weighted by Crippen LogP contribution is 2.43. The number of nitrogens with one attached hydrogen (secondary N) is 1. The van der Waals surface area contributed by atoms with E-state index < -0.39 is 15.4 Å². The molecule has 3 fully saturated rings. The second kappa shape index (κ2) is 7.51. The van der Waals surface area contributed by atoms with E-state index in [1.54, 1.807) is 4.68 Å². The van der Waals surface area contributed by atoms with Gasteiger partial charge < -0.3 is 5.32 Å². The van der Waals surface area contributed by atoms with E-state index >= 15 is 0 Å². The smallest absolute Gasteiger partial charge is 0.150 e. The summed E-state index contributed by atoms with van der Waals surface area (Å²) in [6.45, 7) is 0.826. The quantitative estimate of drug-likeness (QED) is 0.799. The van der Waals surface area contributed by atoms with Crippen LogP contribution in [0.4, 0.5) is 0 Å². The molecule has 148 valence electrons. The summed E-state index contributed by atoms with van der Waals surface area (Å²) in [4.78, 5) is 0. The molecule has 0 unspecified atom stereocenters. The SMILES string of the molecule is N#CC1(n2cc([C@@H](NCC3CCS(=O)(=O)CC3)C3CCCCC3)nn2)CC1. The maximum Gasteiger partial charge on any atom is 0.150 e. The van der Waals surface area contributed by atoms with E-state index in [1.165, 1.54) is 32.1 Å². The summed E-state index contributed by atoms with van der Waals surface area (Å²) in [7, 11) is -2.82. The molecule has 1 aromatic heterocycles. The number of aromatic nitrogens is 3. The molecule has 0 aromatic carbocycles. The Balaban J connectivity index is 1.45. The van der Waals surface area contributed by atoms with Crippen molar-refractivity contribution >= 4 is 9.84 Å². The van der Waals surface area contributed by atoms with Gasteiger partial charge in [-0.3, -0.25) is 0 Å². The van der Waals surface area contributed by atoms with E-state index in [2.05, 4.69) is 21.7 Å². The molecule has 1 atom stereocenters. The third kappa shape index (κ3) is 4.19. The van der Waals surface area contributed by atoms with Gasteiger partial charge in [0.15, 0.2) is 5.54 Å². The van der Waals surface area contributed by atoms with Crippen LogP contribution >= 0.6 is 0 Å². The molecule has 0 amide bonds. The fourth-order valence-corrected chi connectivity index (χ4v) is 6.14. The van der Waals surface area contributed by atoms with Crippen LogP contribution in [0.5, 0.6) is 0 Å². The molecule has 7 nitrogen and oxygen atoms in total. The summed E-state index contributed by atoms with van der Waals surface area (Å²) in [5, 5.41) is 21.8. The van der Waals surface area contributed by atoms with Crippen molar-refractivity contribution in [3.8, 4) is 6.07 Å². The predicted molar refractivity (Wildman–Crippen MR) is 102 cm³/mol. The van der Waals surface area contributed by atoms with Crippen molar-refractivity contribution in [3.63, 3.8) is 0 Å². The summed E-state index contributed by atoms with van der Waals surface area (Å²) >= 11 is 0. The molecular formula is C19H29N5O2S. The lowest BCUT2D eigenvalue weighted by molar-refractivity contribution is 0.254. The van der Waals surface area contributed by atoms with Gasteiger partial charge in [-0.15, -0.1) is 5.10 Å². The first kappa shape index (κ1) is 18.9. The van der Waals surface area contributed by atoms with Crippen LogP contribution < -0.4 is 5.32 Å². The fraction of sp³-hybridized carbons (Fsp3) is 0.842. The maximum atomic E-state index is 11.7. The number of nitrogens with zero attached hydrogens (tertiary/aromatic N) is 4. The standard InChI is InChI=1S/C19H29N5O2S/c20-14-19(8-9-19)24-13-17(22-23-24)18(16-4-2-1-3-5-16)21-12-15-6-10-27(25,26)11-7-15/h13,15-16,18,21H,1-12H2/t18-/m0/s1. The molecule has 2 heterocycles. The van der Waals surface area contributed by atoms with Gasteiger partial charge >= 0.3 is 0 Å². The van der Waals surface area contributed by atoms with Gasteiger partial charge in [0.05, 0.1) is 35.5 Å². The van der Waals surface area contributed by atoms with Crippen molar-refractivity contribution in [2.45, 2.75) is 69.4 Å². The zero-order chi connectivity index (χ0) is 18.9. The predicted octanol–water partition coefficient (Wildman–Crippen LogP) is 2.33. The van der Waals surface area contributed by atoms with E-state index in [4.69, 9.17) is 0 Å². The van der Waals surface area contributed by atoms with Gasteiger partial charge in [-0.2, -0.15) is 5.26 Å². The summed E-state index contributed by atoms with van der Waals surface area (Å²) in [5.41, 5.74) is 0.465. The van der Waals surface area contributed by atoms with Crippen LogP contribution in [0.1, 0.15) is 69.5 Å². The van der Waals surface area contributed by atoms with Crippen molar-refractivity contribution < 1.29 is 8.42 Å². The molecule has 8 heteroatoms. The average molecular weight is 392 g/mol. The molecule has 2 aliphatic carbocycles. The number of hydrogen-bond donors (Lipinski definition) is 1. The zero-order valence-corrected chi connectivity index (χ0v) is 16.6. The van der Waals surface area contributed by atoms with E-state index in [0.29, 0.717) is 23.3 Å². The molecule has 1 saturated heterocycles. The second-order valence-corrected chi connectivity index (χ2v) is 10.9. The number of rotatable bonds is 6. The highest BCUT2D eigenvalue weighted by molar-refractivity contribution is 7.91. The molecular weight excluding hydrogens is 362 g/mol. The highest BCUT2D eigenvalue weighted by Gasteiger charge is 2.47. The lowest BCUT2D eigenvalue weighted by Crippen LogP contribution is -2.36. The Bertz CT molecular complexity index is 788. The molecule has 0 bridgehead atoms. The number of sulfone groups is 1. The van der Waals surface area contributed by atoms with Crippen LogP contribution in [-0.4, -0.2) is 41.5 Å². The average Bonchev–Trinajstić information content (AvgIpc) is 3.33. The van der Waals surface area contributed by atoms with Gasteiger partial charge in [-0.05, 0) is 56.9 Å². The number of hydrogen-bond acceptors (Lipinski definition) is 6. The van der Waals surface area contributed by atoms with E-state index in [-0.39, 0.29) is 6.04 Å². The van der Waals surface area contributed by atoms with Gasteiger partial charge in [0, 0.05) is 0 Å². The second-order valence-electron chi connectivity index (χ2n) is 8.61. The van der Waals surface area contributed by atoms with Crippen LogP contribution in [0.3, 0.4) is 0 Å². The van der Waals surface area contributed by atoms with Crippen molar-refractivity contribution in [2.75, 3.05) is 18.1 Å². The van der Waals surface area contributed by atoms with Crippen LogP contribution in [0, 0.1) is 23.2 Å². The Labute approximate surface area is 161 Å². The Kier molecular flexibility index (Phi) is 5.26. The van der Waals surface area contributed by atoms with Gasteiger partial charge in [0.2, 0.25) is 0 Å². The molecule has 0 radical (unpaired) electrons. The molecule has 3 aliphatic rings. The molecule has 27 heavy (non-hydrogen) atoms. The minimum Gasteiger partial charge on any atom is -0.308 e. The highest BCUT2D eigenvalue weighted by atomic mass is 32.2. The van der Waals surface area contributed by atoms with Gasteiger partial charge in [-0.25, -0.2) is 13.1 Å². The summed E-state index contributed by atoms with van der Waals surface area (Å²) in [5.74, 6) is 1.57. The van der Waals surface area contributed by atoms with Crippen molar-refractivity contribution in [2.24, 2.45) is 11.8 Å². The van der Waals surface area contributed by atoms with Gasteiger partial charge in [0.25, 0.3) is 0 Å². The minimum atomic E-state index is -2.82. The first-order valence-corrected chi connectivity index (χ1v) is 12.1. The van der Waals surface area contributed by atoms with Crippen LogP contribution in [-0.2, 0) is 15.4 Å². The zero-order valence-electron chi connectivity index (χ0n) is 15.8. The molecule has 0 spiro atoms. The summed E-state index contributed by atoms with van der Waals surface area (Å²) in [6.07, 6.45) is 11.3. The van der Waals surface area contributed by atoms with E-state index in [1.807, 2.05) is 6.20 Å². The Hall–Kier alpha value is -1.46. The molecule has 1 aliphatic heterocycles. The third-order valence-electron chi connectivity index (χ3n) is 6.62. The lowest BCUT2D eigenvalue weighted by atomic mass is 9.82. The monoisotopic (exact) mass is 391 g/mol. The summed E-state index contributed by atoms with van der Waals surface area (Å²) in [6, 6.07) is 2.52. The number of nitriles is 1. The molecule has 2 saturated carbocycles. The third-order valence-corrected chi connectivity index (χ3v) is 8.34. The van der Waals surface area contributed by atoms with Crippen LogP contribution in [0.25, 0.3) is 0 Å². The normalized spacial score (nSPS) is 26.3. The Morgan fingerprint density at radius 1 is 1.22 bits per heavy atom. The first-order valence-electron chi connectivity index (χ1n) is 10.3. The van der Waals surface area contributed by atoms with Crippen LogP contribution in [0.15, 0.2) is 6.20 Å². The van der Waals surface area contributed by atoms with Crippen molar-refractivity contribution in [1.29, 1.82) is 5.26 Å². The summed E-state index contributed by atoms with van der Waals surface area (Å²) < 4.78 is 25.1. The minimum absolute atomic E-state index is 0.145. The molecule has 4 rings (SSSR count). The Morgan fingerprint density at radius 3 is 2.56 bits per heavy atom. The molecule has 1 aromatic rings. The van der Waals surface area contributed by atoms with E-state index in [0.717, 1.165) is 37.9 Å². The lowest BCUT2D eigenvalue weighted by Gasteiger charge is -2.32. The fourth-order valence-electron chi connectivity index (χ4n) is 4.56. The van der Waals surface area contributed by atoms with Crippen molar-refractivity contribution in [3.05, 3.63) is 11.9 Å². The first-order chi connectivity index (χ1) is 13.0. The van der Waals surface area contributed by atoms with Crippen molar-refractivity contribution in [1.82, 2.24) is 20.3 Å².